The number of nitrogens with zero attached hydrogens (tertiary/aromatic N) is 2. The molecule has 1 aromatic heterocycles. The van der Waals surface area contributed by atoms with Crippen LogP contribution in [0.25, 0.3) is 0 Å². The van der Waals surface area contributed by atoms with Crippen LogP contribution in [0.5, 0.6) is 0 Å². The van der Waals surface area contributed by atoms with Crippen molar-refractivity contribution in [1.82, 2.24) is 15.3 Å². The molecular weight excluding hydrogens is 196 g/mol. The molecule has 1 saturated heterocycles. The number of anilines is 1. The zero-order valence-electron chi connectivity index (χ0n) is 8.14. The SMILES string of the molecule is O=C(Nc1ncccn1)NC1CCCO1. The lowest BCUT2D eigenvalue weighted by atomic mass is 10.3. The lowest BCUT2D eigenvalue weighted by Crippen LogP contribution is -2.37. The highest BCUT2D eigenvalue weighted by Crippen LogP contribution is 2.08. The second kappa shape index (κ2) is 4.70. The largest absolute Gasteiger partial charge is 0.358 e. The van der Waals surface area contributed by atoms with Crippen molar-refractivity contribution in [3.63, 3.8) is 0 Å². The van der Waals surface area contributed by atoms with E-state index in [2.05, 4.69) is 20.6 Å². The number of carbonyl (C=O) groups excluding carboxylic acids is 1. The van der Waals surface area contributed by atoms with E-state index in [1.165, 1.54) is 0 Å². The fourth-order valence-electron chi connectivity index (χ4n) is 1.34. The number of rotatable bonds is 2. The van der Waals surface area contributed by atoms with E-state index >= 15 is 0 Å². The van der Waals surface area contributed by atoms with E-state index in [-0.39, 0.29) is 18.2 Å². The lowest BCUT2D eigenvalue weighted by Gasteiger charge is -2.11. The summed E-state index contributed by atoms with van der Waals surface area (Å²) in [6.07, 6.45) is 4.77. The van der Waals surface area contributed by atoms with E-state index < -0.39 is 0 Å². The summed E-state index contributed by atoms with van der Waals surface area (Å²) in [5.74, 6) is 0.285. The summed E-state index contributed by atoms with van der Waals surface area (Å²) in [5.41, 5.74) is 0. The molecule has 0 bridgehead atoms. The molecule has 6 nitrogen and oxygen atoms in total. The molecule has 6 heteroatoms. The van der Waals surface area contributed by atoms with Gasteiger partial charge in [-0.3, -0.25) is 5.32 Å². The molecule has 0 aromatic carbocycles. The minimum Gasteiger partial charge on any atom is -0.358 e. The van der Waals surface area contributed by atoms with Crippen molar-refractivity contribution in [2.24, 2.45) is 0 Å². The molecule has 1 aromatic rings. The van der Waals surface area contributed by atoms with Crippen LogP contribution in [-0.4, -0.2) is 28.8 Å². The second-order valence-electron chi connectivity index (χ2n) is 3.17. The first kappa shape index (κ1) is 9.85. The topological polar surface area (TPSA) is 76.1 Å². The third kappa shape index (κ3) is 2.88. The van der Waals surface area contributed by atoms with E-state index in [1.807, 2.05) is 0 Å². The highest BCUT2D eigenvalue weighted by atomic mass is 16.5. The average molecular weight is 208 g/mol. The number of aromatic nitrogens is 2. The molecule has 1 fully saturated rings. The van der Waals surface area contributed by atoms with Crippen LogP contribution in [0.1, 0.15) is 12.8 Å². The van der Waals surface area contributed by atoms with Crippen molar-refractivity contribution in [2.75, 3.05) is 11.9 Å². The maximum absolute atomic E-state index is 11.4. The van der Waals surface area contributed by atoms with Gasteiger partial charge in [0.25, 0.3) is 0 Å². The van der Waals surface area contributed by atoms with Crippen molar-refractivity contribution in [3.05, 3.63) is 18.5 Å². The molecular formula is C9H12N4O2. The van der Waals surface area contributed by atoms with Crippen molar-refractivity contribution in [2.45, 2.75) is 19.1 Å². The van der Waals surface area contributed by atoms with Crippen LogP contribution >= 0.6 is 0 Å². The predicted molar refractivity (Wildman–Crippen MR) is 53.2 cm³/mol. The molecule has 1 unspecified atom stereocenters. The van der Waals surface area contributed by atoms with Gasteiger partial charge in [-0.1, -0.05) is 0 Å². The second-order valence-corrected chi connectivity index (χ2v) is 3.17. The van der Waals surface area contributed by atoms with Crippen LogP contribution in [0, 0.1) is 0 Å². The summed E-state index contributed by atoms with van der Waals surface area (Å²) in [6.45, 7) is 0.701. The fourth-order valence-corrected chi connectivity index (χ4v) is 1.34. The van der Waals surface area contributed by atoms with Crippen molar-refractivity contribution in [3.8, 4) is 0 Å². The van der Waals surface area contributed by atoms with Crippen LogP contribution < -0.4 is 10.6 Å². The number of urea groups is 1. The summed E-state index contributed by atoms with van der Waals surface area (Å²) in [5, 5.41) is 5.19. The summed E-state index contributed by atoms with van der Waals surface area (Å²) in [4.78, 5) is 19.1. The lowest BCUT2D eigenvalue weighted by molar-refractivity contribution is 0.0928. The van der Waals surface area contributed by atoms with Crippen LogP contribution in [0.4, 0.5) is 10.7 Å². The summed E-state index contributed by atoms with van der Waals surface area (Å²) < 4.78 is 5.25. The van der Waals surface area contributed by atoms with Gasteiger partial charge in [-0.15, -0.1) is 0 Å². The Balaban J connectivity index is 1.82. The molecule has 1 atom stereocenters. The van der Waals surface area contributed by atoms with E-state index in [0.717, 1.165) is 12.8 Å². The molecule has 0 spiro atoms. The van der Waals surface area contributed by atoms with Gasteiger partial charge in [-0.25, -0.2) is 14.8 Å². The maximum Gasteiger partial charge on any atom is 0.323 e. The number of hydrogen-bond donors (Lipinski definition) is 2. The fraction of sp³-hybridized carbons (Fsp3) is 0.444. The monoisotopic (exact) mass is 208 g/mol. The minimum absolute atomic E-state index is 0.186. The molecule has 0 saturated carbocycles. The van der Waals surface area contributed by atoms with E-state index in [9.17, 15) is 4.79 Å². The first-order valence-electron chi connectivity index (χ1n) is 4.81. The highest BCUT2D eigenvalue weighted by molar-refractivity contribution is 5.87. The molecule has 2 N–H and O–H groups in total. The maximum atomic E-state index is 11.4. The van der Waals surface area contributed by atoms with Crippen LogP contribution in [0.2, 0.25) is 0 Å². The Morgan fingerprint density at radius 1 is 1.47 bits per heavy atom. The summed E-state index contributed by atoms with van der Waals surface area (Å²) in [7, 11) is 0. The van der Waals surface area contributed by atoms with Crippen molar-refractivity contribution < 1.29 is 9.53 Å². The first-order chi connectivity index (χ1) is 7.34. The first-order valence-corrected chi connectivity index (χ1v) is 4.81. The van der Waals surface area contributed by atoms with Gasteiger partial charge in [0.05, 0.1) is 0 Å². The summed E-state index contributed by atoms with van der Waals surface area (Å²) in [6, 6.07) is 1.34. The highest BCUT2D eigenvalue weighted by Gasteiger charge is 2.17. The van der Waals surface area contributed by atoms with Crippen molar-refractivity contribution >= 4 is 12.0 Å². The third-order valence-corrected chi connectivity index (χ3v) is 2.01. The Bertz CT molecular complexity index is 324. The molecule has 80 valence electrons. The van der Waals surface area contributed by atoms with Gasteiger partial charge in [0.1, 0.15) is 6.23 Å². The van der Waals surface area contributed by atoms with E-state index in [0.29, 0.717) is 6.61 Å². The zero-order chi connectivity index (χ0) is 10.5. The molecule has 1 aliphatic heterocycles. The number of nitrogens with one attached hydrogen (secondary N) is 2. The van der Waals surface area contributed by atoms with Crippen LogP contribution in [0.3, 0.4) is 0 Å². The molecule has 2 heterocycles. The van der Waals surface area contributed by atoms with Gasteiger partial charge in [0.15, 0.2) is 0 Å². The van der Waals surface area contributed by atoms with Gasteiger partial charge in [-0.05, 0) is 18.9 Å². The quantitative estimate of drug-likeness (QED) is 0.751. The molecule has 15 heavy (non-hydrogen) atoms. The number of ether oxygens (including phenoxy) is 1. The number of hydrogen-bond acceptors (Lipinski definition) is 4. The minimum atomic E-state index is -0.340. The predicted octanol–water partition coefficient (Wildman–Crippen LogP) is 0.735. The van der Waals surface area contributed by atoms with E-state index in [1.54, 1.807) is 18.5 Å². The summed E-state index contributed by atoms with van der Waals surface area (Å²) >= 11 is 0. The zero-order valence-corrected chi connectivity index (χ0v) is 8.14. The smallest absolute Gasteiger partial charge is 0.323 e. The van der Waals surface area contributed by atoms with Gasteiger partial charge >= 0.3 is 6.03 Å². The Labute approximate surface area is 87.1 Å². The van der Waals surface area contributed by atoms with Gasteiger partial charge in [0.2, 0.25) is 5.95 Å². The van der Waals surface area contributed by atoms with Gasteiger partial charge in [-0.2, -0.15) is 0 Å². The Morgan fingerprint density at radius 2 is 2.27 bits per heavy atom. The van der Waals surface area contributed by atoms with Gasteiger partial charge in [0, 0.05) is 19.0 Å². The van der Waals surface area contributed by atoms with Gasteiger partial charge < -0.3 is 10.1 Å². The molecule has 0 aliphatic carbocycles. The molecule has 1 aliphatic rings. The third-order valence-electron chi connectivity index (χ3n) is 2.01. The van der Waals surface area contributed by atoms with Crippen LogP contribution in [-0.2, 0) is 4.74 Å². The van der Waals surface area contributed by atoms with Crippen molar-refractivity contribution in [1.29, 1.82) is 0 Å². The normalized spacial score (nSPS) is 19.9. The molecule has 2 amide bonds. The average Bonchev–Trinajstić information content (AvgIpc) is 2.71. The number of carbonyl (C=O) groups is 1. The molecule has 2 rings (SSSR count). The number of amides is 2. The Hall–Kier alpha value is -1.69. The Kier molecular flexibility index (Phi) is 3.08. The molecule has 0 radical (unpaired) electrons. The van der Waals surface area contributed by atoms with E-state index in [4.69, 9.17) is 4.74 Å². The van der Waals surface area contributed by atoms with Crippen LogP contribution in [0.15, 0.2) is 18.5 Å². The standard InChI is InChI=1S/C9H12N4O2/c14-9(12-7-3-1-6-15-7)13-8-10-4-2-5-11-8/h2,4-5,7H,1,3,6H2,(H2,10,11,12,13,14). The Morgan fingerprint density at radius 3 is 2.93 bits per heavy atom.